The van der Waals surface area contributed by atoms with E-state index in [1.54, 1.807) is 0 Å². The van der Waals surface area contributed by atoms with Crippen LogP contribution in [0.1, 0.15) is 31.7 Å². The molecule has 1 aromatic rings. The molecule has 2 heteroatoms. The second-order valence-electron chi connectivity index (χ2n) is 4.04. The van der Waals surface area contributed by atoms with Crippen LogP contribution in [0.15, 0.2) is 24.3 Å². The Morgan fingerprint density at radius 3 is 2.21 bits per heavy atom. The average Bonchev–Trinajstić information content (AvgIpc) is 2.15. The number of benzene rings is 1. The van der Waals surface area contributed by atoms with Gasteiger partial charge in [-0.3, -0.25) is 0 Å². The summed E-state index contributed by atoms with van der Waals surface area (Å²) in [7, 11) is 0. The van der Waals surface area contributed by atoms with Gasteiger partial charge in [-0.05, 0) is 29.5 Å². The second kappa shape index (κ2) is 5.38. The van der Waals surface area contributed by atoms with Gasteiger partial charge in [-0.15, -0.1) is 0 Å². The van der Waals surface area contributed by atoms with Gasteiger partial charge in [0.05, 0.1) is 6.54 Å². The molecule has 1 rings (SSSR count). The third-order valence-electron chi connectivity index (χ3n) is 2.62. The van der Waals surface area contributed by atoms with Crippen LogP contribution < -0.4 is 5.73 Å². The highest BCUT2D eigenvalue weighted by molar-refractivity contribution is 6.30. The highest BCUT2D eigenvalue weighted by Crippen LogP contribution is 2.27. The van der Waals surface area contributed by atoms with Crippen molar-refractivity contribution in [2.45, 2.75) is 26.2 Å². The van der Waals surface area contributed by atoms with Gasteiger partial charge in [-0.1, -0.05) is 37.6 Å². The molecule has 0 aliphatic heterocycles. The van der Waals surface area contributed by atoms with Crippen molar-refractivity contribution >= 4 is 11.6 Å². The van der Waals surface area contributed by atoms with Crippen molar-refractivity contribution in [3.05, 3.63) is 34.9 Å². The first-order valence-electron chi connectivity index (χ1n) is 5.20. The molecule has 0 aromatic heterocycles. The Kier molecular flexibility index (Phi) is 4.43. The average molecular weight is 213 g/mol. The Hall–Kier alpha value is -0.530. The molecule has 1 atom stereocenters. The van der Waals surface area contributed by atoms with Gasteiger partial charge in [0, 0.05) is 11.4 Å². The molecule has 0 fully saturated rings. The van der Waals surface area contributed by atoms with E-state index < -0.39 is 0 Å². The predicted octanol–water partition coefficient (Wildman–Crippen LogP) is 2.71. The Labute approximate surface area is 91.3 Å². The molecular weight excluding hydrogens is 194 g/mol. The third-order valence-corrected chi connectivity index (χ3v) is 2.87. The number of quaternary nitrogens is 1. The summed E-state index contributed by atoms with van der Waals surface area (Å²) in [6, 6.07) is 8.19. The van der Waals surface area contributed by atoms with E-state index in [0.29, 0.717) is 11.8 Å². The maximum absolute atomic E-state index is 5.86. The minimum Gasteiger partial charge on any atom is -0.358 e. The van der Waals surface area contributed by atoms with Crippen molar-refractivity contribution < 1.29 is 5.73 Å². The van der Waals surface area contributed by atoms with E-state index in [4.69, 9.17) is 11.6 Å². The molecule has 14 heavy (non-hydrogen) atoms. The zero-order valence-electron chi connectivity index (χ0n) is 8.96. The second-order valence-corrected chi connectivity index (χ2v) is 4.48. The van der Waals surface area contributed by atoms with Crippen LogP contribution in [0.4, 0.5) is 0 Å². The van der Waals surface area contributed by atoms with Gasteiger partial charge in [0.15, 0.2) is 0 Å². The Morgan fingerprint density at radius 2 is 1.79 bits per heavy atom. The normalized spacial score (nSPS) is 13.2. The molecule has 0 spiro atoms. The van der Waals surface area contributed by atoms with Crippen molar-refractivity contribution in [3.8, 4) is 0 Å². The van der Waals surface area contributed by atoms with Gasteiger partial charge in [0.2, 0.25) is 0 Å². The molecular formula is C12H19ClN+. The SMILES string of the molecule is CC(C)[C@H](CC[NH3+])c1ccc(Cl)cc1. The van der Waals surface area contributed by atoms with Gasteiger partial charge in [-0.25, -0.2) is 0 Å². The zero-order chi connectivity index (χ0) is 10.6. The molecule has 0 saturated carbocycles. The first-order valence-corrected chi connectivity index (χ1v) is 5.57. The number of hydrogen-bond donors (Lipinski definition) is 1. The summed E-state index contributed by atoms with van der Waals surface area (Å²) in [5, 5.41) is 0.811. The summed E-state index contributed by atoms with van der Waals surface area (Å²) >= 11 is 5.86. The summed E-state index contributed by atoms with van der Waals surface area (Å²) in [6.07, 6.45) is 1.15. The van der Waals surface area contributed by atoms with Crippen LogP contribution in [0.5, 0.6) is 0 Å². The molecule has 0 unspecified atom stereocenters. The monoisotopic (exact) mass is 212 g/mol. The fourth-order valence-corrected chi connectivity index (χ4v) is 1.94. The standard InChI is InChI=1S/C12H18ClN/c1-9(2)12(7-8-14)10-3-5-11(13)6-4-10/h3-6,9,12H,7-8,14H2,1-2H3/p+1/t12-/m0/s1. The Balaban J connectivity index is 2.82. The van der Waals surface area contributed by atoms with Crippen molar-refractivity contribution in [1.29, 1.82) is 0 Å². The largest absolute Gasteiger partial charge is 0.358 e. The summed E-state index contributed by atoms with van der Waals surface area (Å²) < 4.78 is 0. The Bertz CT molecular complexity index is 266. The summed E-state index contributed by atoms with van der Waals surface area (Å²) in [5.74, 6) is 1.28. The van der Waals surface area contributed by atoms with Crippen LogP contribution >= 0.6 is 11.6 Å². The smallest absolute Gasteiger partial charge is 0.0745 e. The fraction of sp³-hybridized carbons (Fsp3) is 0.500. The summed E-state index contributed by atoms with van der Waals surface area (Å²) in [4.78, 5) is 0. The first-order chi connectivity index (χ1) is 6.65. The minimum atomic E-state index is 0.616. The van der Waals surface area contributed by atoms with Gasteiger partial charge >= 0.3 is 0 Å². The molecule has 3 N–H and O–H groups in total. The van der Waals surface area contributed by atoms with Crippen LogP contribution in [-0.2, 0) is 0 Å². The lowest BCUT2D eigenvalue weighted by Crippen LogP contribution is -2.50. The summed E-state index contributed by atoms with van der Waals surface area (Å²) in [5.41, 5.74) is 5.31. The third kappa shape index (κ3) is 3.00. The molecule has 0 radical (unpaired) electrons. The molecule has 0 heterocycles. The summed E-state index contributed by atoms with van der Waals surface area (Å²) in [6.45, 7) is 5.51. The van der Waals surface area contributed by atoms with Gasteiger partial charge < -0.3 is 5.73 Å². The van der Waals surface area contributed by atoms with E-state index in [2.05, 4.69) is 31.7 Å². The number of halogens is 1. The van der Waals surface area contributed by atoms with Crippen LogP contribution in [-0.4, -0.2) is 6.54 Å². The van der Waals surface area contributed by atoms with Crippen LogP contribution in [0.25, 0.3) is 0 Å². The van der Waals surface area contributed by atoms with Crippen molar-refractivity contribution in [2.24, 2.45) is 5.92 Å². The molecule has 1 nitrogen and oxygen atoms in total. The molecule has 0 amide bonds. The van der Waals surface area contributed by atoms with Gasteiger partial charge in [0.25, 0.3) is 0 Å². The van der Waals surface area contributed by atoms with E-state index in [0.717, 1.165) is 18.0 Å². The van der Waals surface area contributed by atoms with E-state index in [1.165, 1.54) is 5.56 Å². The maximum atomic E-state index is 5.86. The lowest BCUT2D eigenvalue weighted by atomic mass is 9.86. The van der Waals surface area contributed by atoms with Crippen LogP contribution in [0.3, 0.4) is 0 Å². The minimum absolute atomic E-state index is 0.616. The van der Waals surface area contributed by atoms with E-state index in [9.17, 15) is 0 Å². The molecule has 0 bridgehead atoms. The number of rotatable bonds is 4. The highest BCUT2D eigenvalue weighted by Gasteiger charge is 2.15. The first kappa shape index (κ1) is 11.5. The highest BCUT2D eigenvalue weighted by atomic mass is 35.5. The lowest BCUT2D eigenvalue weighted by Gasteiger charge is -2.19. The van der Waals surface area contributed by atoms with Crippen molar-refractivity contribution in [1.82, 2.24) is 0 Å². The van der Waals surface area contributed by atoms with Crippen LogP contribution in [0.2, 0.25) is 5.02 Å². The Morgan fingerprint density at radius 1 is 1.21 bits per heavy atom. The van der Waals surface area contributed by atoms with E-state index >= 15 is 0 Å². The van der Waals surface area contributed by atoms with Crippen molar-refractivity contribution in [2.75, 3.05) is 6.54 Å². The predicted molar refractivity (Wildman–Crippen MR) is 61.4 cm³/mol. The van der Waals surface area contributed by atoms with Crippen molar-refractivity contribution in [3.63, 3.8) is 0 Å². The van der Waals surface area contributed by atoms with Gasteiger partial charge in [0.1, 0.15) is 0 Å². The lowest BCUT2D eigenvalue weighted by molar-refractivity contribution is -0.369. The fourth-order valence-electron chi connectivity index (χ4n) is 1.81. The molecule has 1 aromatic carbocycles. The quantitative estimate of drug-likeness (QED) is 0.795. The molecule has 0 aliphatic carbocycles. The number of hydrogen-bond acceptors (Lipinski definition) is 0. The molecule has 78 valence electrons. The van der Waals surface area contributed by atoms with Crippen LogP contribution in [0, 0.1) is 5.92 Å². The van der Waals surface area contributed by atoms with E-state index in [-0.39, 0.29) is 0 Å². The maximum Gasteiger partial charge on any atom is 0.0745 e. The van der Waals surface area contributed by atoms with Gasteiger partial charge in [-0.2, -0.15) is 0 Å². The van der Waals surface area contributed by atoms with E-state index in [1.807, 2.05) is 12.1 Å². The molecule has 0 aliphatic rings. The molecule has 0 saturated heterocycles. The topological polar surface area (TPSA) is 27.6 Å². The zero-order valence-corrected chi connectivity index (χ0v) is 9.72.